The summed E-state index contributed by atoms with van der Waals surface area (Å²) < 4.78 is 36.2. The molecule has 1 aliphatic rings. The Kier molecular flexibility index (Phi) is 5.34. The van der Waals surface area contributed by atoms with E-state index < -0.39 is 35.9 Å². The predicted molar refractivity (Wildman–Crippen MR) is 65.2 cm³/mol. The molecular weight excluding hydrogens is 293 g/mol. The number of carboxylic acid groups (broad SMARTS) is 1. The van der Waals surface area contributed by atoms with Crippen molar-refractivity contribution in [1.29, 1.82) is 0 Å². The van der Waals surface area contributed by atoms with E-state index >= 15 is 0 Å². The highest BCUT2D eigenvalue weighted by Crippen LogP contribution is 2.20. The second-order valence-corrected chi connectivity index (χ2v) is 4.64. The van der Waals surface area contributed by atoms with Crippen molar-refractivity contribution < 1.29 is 32.7 Å². The number of likely N-dealkylation sites (tertiary alicyclic amines) is 1. The van der Waals surface area contributed by atoms with Crippen LogP contribution in [0.3, 0.4) is 0 Å². The highest BCUT2D eigenvalue weighted by Gasteiger charge is 2.37. The van der Waals surface area contributed by atoms with Crippen LogP contribution in [-0.4, -0.2) is 52.5 Å². The number of amides is 1. The number of halogens is 3. The van der Waals surface area contributed by atoms with Gasteiger partial charge in [0.1, 0.15) is 12.1 Å². The van der Waals surface area contributed by atoms with Gasteiger partial charge in [0.25, 0.3) is 5.78 Å². The molecule has 1 rings (SSSR count). The fourth-order valence-corrected chi connectivity index (χ4v) is 1.88. The number of allylic oxidation sites excluding steroid dienone is 1. The summed E-state index contributed by atoms with van der Waals surface area (Å²) >= 11 is 0. The molecule has 6 nitrogen and oxygen atoms in total. The lowest BCUT2D eigenvalue weighted by molar-refractivity contribution is -0.165. The van der Waals surface area contributed by atoms with Crippen molar-refractivity contribution in [2.75, 3.05) is 6.54 Å². The van der Waals surface area contributed by atoms with Crippen LogP contribution in [0, 0.1) is 0 Å². The Morgan fingerprint density at radius 3 is 2.52 bits per heavy atom. The highest BCUT2D eigenvalue weighted by molar-refractivity contribution is 5.94. The van der Waals surface area contributed by atoms with Gasteiger partial charge < -0.3 is 15.3 Å². The highest BCUT2D eigenvalue weighted by atomic mass is 19.4. The Labute approximate surface area is 118 Å². The fourth-order valence-electron chi connectivity index (χ4n) is 1.88. The lowest BCUT2D eigenvalue weighted by Gasteiger charge is -2.23. The molecule has 0 spiro atoms. The third kappa shape index (κ3) is 4.76. The Morgan fingerprint density at radius 2 is 2.00 bits per heavy atom. The van der Waals surface area contributed by atoms with Crippen LogP contribution in [0.2, 0.25) is 0 Å². The molecule has 21 heavy (non-hydrogen) atoms. The lowest BCUT2D eigenvalue weighted by atomic mass is 10.2. The largest absolute Gasteiger partial charge is 0.480 e. The van der Waals surface area contributed by atoms with Gasteiger partial charge in [-0.05, 0) is 19.8 Å². The van der Waals surface area contributed by atoms with Gasteiger partial charge >= 0.3 is 12.1 Å². The predicted octanol–water partition coefficient (Wildman–Crippen LogP) is 0.685. The first-order valence-electron chi connectivity index (χ1n) is 6.21. The standard InChI is InChI=1S/C12H15F3N2O4/c1-7(11(20)21)16-10(19)8-3-2-5-17(8)6-4-9(18)12(13,14)15/h4,6-8H,2-3,5H2,1H3,(H,16,19)(H,20,21)/b6-4+/t7-,8-/m0/s1. The molecule has 1 saturated heterocycles. The summed E-state index contributed by atoms with van der Waals surface area (Å²) in [7, 11) is 0. The molecule has 1 aliphatic heterocycles. The van der Waals surface area contributed by atoms with Crippen molar-refractivity contribution in [3.63, 3.8) is 0 Å². The zero-order valence-corrected chi connectivity index (χ0v) is 11.2. The van der Waals surface area contributed by atoms with E-state index in [2.05, 4.69) is 5.32 Å². The van der Waals surface area contributed by atoms with Gasteiger partial charge in [0, 0.05) is 18.8 Å². The van der Waals surface area contributed by atoms with E-state index in [-0.39, 0.29) is 0 Å². The Balaban J connectivity index is 2.67. The molecule has 0 unspecified atom stereocenters. The summed E-state index contributed by atoms with van der Waals surface area (Å²) in [6.45, 7) is 1.60. The van der Waals surface area contributed by atoms with E-state index in [1.165, 1.54) is 11.8 Å². The normalized spacial score (nSPS) is 20.6. The van der Waals surface area contributed by atoms with Crippen LogP contribution in [-0.2, 0) is 14.4 Å². The Bertz CT molecular complexity index is 462. The van der Waals surface area contributed by atoms with Crippen LogP contribution in [0.25, 0.3) is 0 Å². The van der Waals surface area contributed by atoms with Gasteiger partial charge in [-0.25, -0.2) is 0 Å². The van der Waals surface area contributed by atoms with Crippen LogP contribution in [0.15, 0.2) is 12.3 Å². The average Bonchev–Trinajstić information content (AvgIpc) is 2.82. The SMILES string of the molecule is C[C@H](NC(=O)[C@@H]1CCCN1/C=C/C(=O)C(F)(F)F)C(=O)O. The lowest BCUT2D eigenvalue weighted by Crippen LogP contribution is -2.47. The number of carbonyl (C=O) groups is 3. The Hall–Kier alpha value is -2.06. The quantitative estimate of drug-likeness (QED) is 0.730. The zero-order valence-electron chi connectivity index (χ0n) is 11.2. The molecule has 2 atom stereocenters. The summed E-state index contributed by atoms with van der Waals surface area (Å²) in [6, 6.07) is -1.87. The molecule has 2 N–H and O–H groups in total. The molecule has 0 radical (unpaired) electrons. The minimum Gasteiger partial charge on any atom is -0.480 e. The first-order chi connectivity index (χ1) is 9.62. The zero-order chi connectivity index (χ0) is 16.2. The molecule has 0 saturated carbocycles. The van der Waals surface area contributed by atoms with E-state index in [0.29, 0.717) is 25.5 Å². The van der Waals surface area contributed by atoms with Gasteiger partial charge in [-0.15, -0.1) is 0 Å². The van der Waals surface area contributed by atoms with Crippen LogP contribution in [0.1, 0.15) is 19.8 Å². The number of hydrogen-bond acceptors (Lipinski definition) is 4. The van der Waals surface area contributed by atoms with Crippen LogP contribution in [0.4, 0.5) is 13.2 Å². The summed E-state index contributed by atoms with van der Waals surface area (Å²) in [5.74, 6) is -3.81. The van der Waals surface area contributed by atoms with Crippen LogP contribution >= 0.6 is 0 Å². The van der Waals surface area contributed by atoms with E-state index in [0.717, 1.165) is 6.20 Å². The molecule has 0 aromatic rings. The molecule has 1 amide bonds. The maximum atomic E-state index is 12.1. The van der Waals surface area contributed by atoms with Gasteiger partial charge in [-0.3, -0.25) is 14.4 Å². The average molecular weight is 308 g/mol. The summed E-state index contributed by atoms with van der Waals surface area (Å²) in [6.07, 6.45) is -2.72. The number of nitrogens with zero attached hydrogens (tertiary/aromatic N) is 1. The maximum absolute atomic E-state index is 12.1. The first kappa shape index (κ1) is 17.0. The van der Waals surface area contributed by atoms with Gasteiger partial charge in [0.15, 0.2) is 0 Å². The number of nitrogens with one attached hydrogen (secondary N) is 1. The smallest absolute Gasteiger partial charge is 0.454 e. The first-order valence-corrected chi connectivity index (χ1v) is 6.21. The fraction of sp³-hybridized carbons (Fsp3) is 0.583. The molecule has 9 heteroatoms. The second kappa shape index (κ2) is 6.59. The summed E-state index contributed by atoms with van der Waals surface area (Å²) in [5, 5.41) is 10.9. The van der Waals surface area contributed by atoms with Crippen molar-refractivity contribution in [2.45, 2.75) is 38.0 Å². The molecule has 0 aromatic carbocycles. The van der Waals surface area contributed by atoms with E-state index in [1.54, 1.807) is 0 Å². The number of aliphatic carboxylic acids is 1. The third-order valence-electron chi connectivity index (χ3n) is 3.02. The number of carbonyl (C=O) groups excluding carboxylic acids is 2. The van der Waals surface area contributed by atoms with E-state index in [4.69, 9.17) is 5.11 Å². The van der Waals surface area contributed by atoms with Gasteiger partial charge in [0.05, 0.1) is 0 Å². The van der Waals surface area contributed by atoms with E-state index in [9.17, 15) is 27.6 Å². The number of hydrogen-bond donors (Lipinski definition) is 2. The minimum absolute atomic E-state index is 0.321. The number of carboxylic acids is 1. The molecule has 0 bridgehead atoms. The van der Waals surface area contributed by atoms with Gasteiger partial charge in [-0.1, -0.05) is 0 Å². The topological polar surface area (TPSA) is 86.7 Å². The number of alkyl halides is 3. The van der Waals surface area contributed by atoms with Crippen molar-refractivity contribution in [2.24, 2.45) is 0 Å². The second-order valence-electron chi connectivity index (χ2n) is 4.64. The number of rotatable bonds is 5. The van der Waals surface area contributed by atoms with E-state index in [1.807, 2.05) is 0 Å². The third-order valence-corrected chi connectivity index (χ3v) is 3.02. The van der Waals surface area contributed by atoms with Crippen molar-refractivity contribution in [3.8, 4) is 0 Å². The molecule has 1 heterocycles. The number of ketones is 1. The molecule has 118 valence electrons. The molecule has 1 fully saturated rings. The van der Waals surface area contributed by atoms with Crippen molar-refractivity contribution in [1.82, 2.24) is 10.2 Å². The van der Waals surface area contributed by atoms with Gasteiger partial charge in [-0.2, -0.15) is 13.2 Å². The Morgan fingerprint density at radius 1 is 1.38 bits per heavy atom. The van der Waals surface area contributed by atoms with Crippen LogP contribution in [0.5, 0.6) is 0 Å². The van der Waals surface area contributed by atoms with Crippen molar-refractivity contribution in [3.05, 3.63) is 12.3 Å². The summed E-state index contributed by atoms with van der Waals surface area (Å²) in [4.78, 5) is 34.5. The van der Waals surface area contributed by atoms with Crippen molar-refractivity contribution >= 4 is 17.7 Å². The van der Waals surface area contributed by atoms with Crippen LogP contribution < -0.4 is 5.32 Å². The molecule has 0 aliphatic carbocycles. The monoisotopic (exact) mass is 308 g/mol. The maximum Gasteiger partial charge on any atom is 0.454 e. The summed E-state index contributed by atoms with van der Waals surface area (Å²) in [5.41, 5.74) is 0. The van der Waals surface area contributed by atoms with Gasteiger partial charge in [0.2, 0.25) is 5.91 Å². The molecule has 0 aromatic heterocycles. The molecular formula is C12H15F3N2O4. The minimum atomic E-state index is -4.95.